The van der Waals surface area contributed by atoms with E-state index in [9.17, 15) is 9.59 Å². The first-order chi connectivity index (χ1) is 12.6. The van der Waals surface area contributed by atoms with Crippen LogP contribution in [-0.2, 0) is 9.59 Å². The van der Waals surface area contributed by atoms with E-state index >= 15 is 0 Å². The van der Waals surface area contributed by atoms with Crippen molar-refractivity contribution in [2.45, 2.75) is 52.5 Å². The molecule has 3 rings (SSSR count). The maximum absolute atomic E-state index is 12.7. The summed E-state index contributed by atoms with van der Waals surface area (Å²) < 4.78 is 1.14. The van der Waals surface area contributed by atoms with Gasteiger partial charge < -0.3 is 10.2 Å². The molecule has 0 spiro atoms. The number of fused-ring (bicyclic) bond motifs is 1. The van der Waals surface area contributed by atoms with Crippen LogP contribution < -0.4 is 5.32 Å². The van der Waals surface area contributed by atoms with Crippen LogP contribution in [-0.4, -0.2) is 40.8 Å². The summed E-state index contributed by atoms with van der Waals surface area (Å²) in [6.45, 7) is 8.67. The van der Waals surface area contributed by atoms with Gasteiger partial charge in [0.15, 0.2) is 0 Å². The van der Waals surface area contributed by atoms with Crippen LogP contribution in [0.5, 0.6) is 0 Å². The SMILES string of the molecule is CC(NC(=O)C(C)(C)C)C(=O)N1CCC(c2nc3cc(Cl)ccc3s2)CC1. The Labute approximate surface area is 169 Å². The van der Waals surface area contributed by atoms with Crippen LogP contribution in [0.1, 0.15) is 51.5 Å². The summed E-state index contributed by atoms with van der Waals surface area (Å²) in [7, 11) is 0. The number of halogens is 1. The molecule has 1 fully saturated rings. The molecule has 0 saturated carbocycles. The lowest BCUT2D eigenvalue weighted by Crippen LogP contribution is -2.51. The van der Waals surface area contributed by atoms with Gasteiger partial charge in [-0.1, -0.05) is 32.4 Å². The number of likely N-dealkylation sites (tertiary alicyclic amines) is 1. The molecule has 1 aromatic carbocycles. The maximum atomic E-state index is 12.7. The second kappa shape index (κ2) is 7.76. The monoisotopic (exact) mass is 407 g/mol. The average molecular weight is 408 g/mol. The highest BCUT2D eigenvalue weighted by molar-refractivity contribution is 7.18. The van der Waals surface area contributed by atoms with Crippen molar-refractivity contribution in [2.75, 3.05) is 13.1 Å². The van der Waals surface area contributed by atoms with E-state index in [1.165, 1.54) is 0 Å². The van der Waals surface area contributed by atoms with Gasteiger partial charge in [-0.3, -0.25) is 9.59 Å². The van der Waals surface area contributed by atoms with Crippen molar-refractivity contribution in [1.29, 1.82) is 0 Å². The maximum Gasteiger partial charge on any atom is 0.244 e. The number of aromatic nitrogens is 1. The lowest BCUT2D eigenvalue weighted by molar-refractivity contribution is -0.138. The second-order valence-electron chi connectivity index (χ2n) is 8.21. The first-order valence-corrected chi connectivity index (χ1v) is 10.5. The number of nitrogens with one attached hydrogen (secondary N) is 1. The molecule has 2 heterocycles. The van der Waals surface area contributed by atoms with Gasteiger partial charge >= 0.3 is 0 Å². The minimum absolute atomic E-state index is 0.0119. The van der Waals surface area contributed by atoms with E-state index in [1.807, 2.05) is 43.9 Å². The zero-order chi connectivity index (χ0) is 19.8. The molecule has 1 unspecified atom stereocenters. The number of benzene rings is 1. The van der Waals surface area contributed by atoms with E-state index in [0.29, 0.717) is 24.0 Å². The van der Waals surface area contributed by atoms with E-state index in [1.54, 1.807) is 18.3 Å². The number of carbonyl (C=O) groups is 2. The summed E-state index contributed by atoms with van der Waals surface area (Å²) in [5, 5.41) is 4.65. The third-order valence-corrected chi connectivity index (χ3v) is 6.36. The molecule has 0 radical (unpaired) electrons. The first-order valence-electron chi connectivity index (χ1n) is 9.31. The van der Waals surface area contributed by atoms with Gasteiger partial charge in [0.05, 0.1) is 15.2 Å². The number of amides is 2. The zero-order valence-electron chi connectivity index (χ0n) is 16.2. The summed E-state index contributed by atoms with van der Waals surface area (Å²) in [6, 6.07) is 5.30. The number of carbonyl (C=O) groups excluding carboxylic acids is 2. The molecule has 2 amide bonds. The van der Waals surface area contributed by atoms with Crippen molar-refractivity contribution in [3.8, 4) is 0 Å². The lowest BCUT2D eigenvalue weighted by atomic mass is 9.95. The van der Waals surface area contributed by atoms with Crippen LogP contribution in [0.3, 0.4) is 0 Å². The van der Waals surface area contributed by atoms with Crippen molar-refractivity contribution in [2.24, 2.45) is 5.41 Å². The summed E-state index contributed by atoms with van der Waals surface area (Å²) in [5.74, 6) is 0.248. The fourth-order valence-electron chi connectivity index (χ4n) is 3.19. The van der Waals surface area contributed by atoms with Crippen LogP contribution >= 0.6 is 22.9 Å². The smallest absolute Gasteiger partial charge is 0.244 e. The Hall–Kier alpha value is -1.66. The van der Waals surface area contributed by atoms with Crippen LogP contribution in [0.4, 0.5) is 0 Å². The van der Waals surface area contributed by atoms with Crippen LogP contribution in [0.2, 0.25) is 5.02 Å². The second-order valence-corrected chi connectivity index (χ2v) is 9.71. The highest BCUT2D eigenvalue weighted by Crippen LogP contribution is 2.34. The first kappa shape index (κ1) is 20.1. The number of hydrogen-bond acceptors (Lipinski definition) is 4. The molecule has 2 aromatic rings. The van der Waals surface area contributed by atoms with E-state index in [2.05, 4.69) is 5.32 Å². The highest BCUT2D eigenvalue weighted by atomic mass is 35.5. The Morgan fingerprint density at radius 3 is 2.59 bits per heavy atom. The Morgan fingerprint density at radius 1 is 1.30 bits per heavy atom. The van der Waals surface area contributed by atoms with Gasteiger partial charge in [0.2, 0.25) is 11.8 Å². The van der Waals surface area contributed by atoms with Crippen molar-refractivity contribution in [1.82, 2.24) is 15.2 Å². The van der Waals surface area contributed by atoms with Crippen molar-refractivity contribution in [3.05, 3.63) is 28.2 Å². The molecular weight excluding hydrogens is 382 g/mol. The molecule has 1 aromatic heterocycles. The van der Waals surface area contributed by atoms with Gasteiger partial charge in [-0.05, 0) is 38.0 Å². The van der Waals surface area contributed by atoms with E-state index in [0.717, 1.165) is 28.1 Å². The summed E-state index contributed by atoms with van der Waals surface area (Å²) >= 11 is 7.76. The number of thiazole rings is 1. The highest BCUT2D eigenvalue weighted by Gasteiger charge is 2.30. The number of nitrogens with zero attached hydrogens (tertiary/aromatic N) is 2. The fourth-order valence-corrected chi connectivity index (χ4v) is 4.47. The molecule has 1 aliphatic rings. The molecule has 0 bridgehead atoms. The zero-order valence-corrected chi connectivity index (χ0v) is 17.8. The normalized spacial score (nSPS) is 17.1. The molecule has 146 valence electrons. The summed E-state index contributed by atoms with van der Waals surface area (Å²) in [5.41, 5.74) is 0.441. The van der Waals surface area contributed by atoms with Gasteiger partial charge in [0.25, 0.3) is 0 Å². The standard InChI is InChI=1S/C20H26ClN3O2S/c1-12(22-19(26)20(2,3)4)18(25)24-9-7-13(8-10-24)17-23-15-11-14(21)5-6-16(15)27-17/h5-6,11-13H,7-10H2,1-4H3,(H,22,26). The molecule has 1 aliphatic heterocycles. The number of piperidine rings is 1. The largest absolute Gasteiger partial charge is 0.344 e. The topological polar surface area (TPSA) is 62.3 Å². The number of rotatable bonds is 3. The molecule has 27 heavy (non-hydrogen) atoms. The Bertz CT molecular complexity index is 851. The molecule has 5 nitrogen and oxygen atoms in total. The van der Waals surface area contributed by atoms with Crippen molar-refractivity contribution in [3.63, 3.8) is 0 Å². The summed E-state index contributed by atoms with van der Waals surface area (Å²) in [4.78, 5) is 31.4. The number of hydrogen-bond donors (Lipinski definition) is 1. The third kappa shape index (κ3) is 4.61. The van der Waals surface area contributed by atoms with Crippen LogP contribution in [0.15, 0.2) is 18.2 Å². The average Bonchev–Trinajstić information content (AvgIpc) is 3.03. The quantitative estimate of drug-likeness (QED) is 0.829. The Morgan fingerprint density at radius 2 is 1.96 bits per heavy atom. The predicted octanol–water partition coefficient (Wildman–Crippen LogP) is 4.21. The molecule has 0 aliphatic carbocycles. The van der Waals surface area contributed by atoms with E-state index < -0.39 is 11.5 Å². The van der Waals surface area contributed by atoms with Crippen molar-refractivity contribution < 1.29 is 9.59 Å². The van der Waals surface area contributed by atoms with Gasteiger partial charge in [-0.25, -0.2) is 4.98 Å². The summed E-state index contributed by atoms with van der Waals surface area (Å²) in [6.07, 6.45) is 1.78. The van der Waals surface area contributed by atoms with E-state index in [-0.39, 0.29) is 11.8 Å². The van der Waals surface area contributed by atoms with Gasteiger partial charge in [-0.15, -0.1) is 11.3 Å². The third-order valence-electron chi connectivity index (χ3n) is 4.92. The molecular formula is C20H26ClN3O2S. The van der Waals surface area contributed by atoms with Crippen LogP contribution in [0.25, 0.3) is 10.2 Å². The fraction of sp³-hybridized carbons (Fsp3) is 0.550. The minimum atomic E-state index is -0.503. The Balaban J connectivity index is 1.59. The molecule has 1 saturated heterocycles. The molecule has 7 heteroatoms. The van der Waals surface area contributed by atoms with Gasteiger partial charge in [0.1, 0.15) is 6.04 Å². The van der Waals surface area contributed by atoms with Crippen molar-refractivity contribution >= 4 is 45.0 Å². The molecule has 1 atom stereocenters. The van der Waals surface area contributed by atoms with Crippen LogP contribution in [0, 0.1) is 5.41 Å². The minimum Gasteiger partial charge on any atom is -0.344 e. The van der Waals surface area contributed by atoms with Gasteiger partial charge in [-0.2, -0.15) is 0 Å². The van der Waals surface area contributed by atoms with Gasteiger partial charge in [0, 0.05) is 29.4 Å². The lowest BCUT2D eigenvalue weighted by Gasteiger charge is -2.33. The molecule has 1 N–H and O–H groups in total. The Kier molecular flexibility index (Phi) is 5.77. The van der Waals surface area contributed by atoms with E-state index in [4.69, 9.17) is 16.6 Å². The predicted molar refractivity (Wildman–Crippen MR) is 110 cm³/mol.